The molecule has 0 aliphatic rings. The van der Waals surface area contributed by atoms with Gasteiger partial charge in [0, 0.05) is 19.6 Å². The molecule has 4 heteroatoms. The minimum atomic E-state index is -0.427. The van der Waals surface area contributed by atoms with E-state index >= 15 is 0 Å². The summed E-state index contributed by atoms with van der Waals surface area (Å²) < 4.78 is 5.26. The van der Waals surface area contributed by atoms with Gasteiger partial charge in [-0.15, -0.1) is 0 Å². The molecule has 0 saturated heterocycles. The van der Waals surface area contributed by atoms with Gasteiger partial charge in [0.25, 0.3) is 0 Å². The summed E-state index contributed by atoms with van der Waals surface area (Å²) >= 11 is 0. The Labute approximate surface area is 93.0 Å². The maximum absolute atomic E-state index is 11.6. The van der Waals surface area contributed by atoms with Crippen LogP contribution in [0.5, 0.6) is 0 Å². The van der Waals surface area contributed by atoms with Gasteiger partial charge in [0.15, 0.2) is 0 Å². The van der Waals surface area contributed by atoms with Gasteiger partial charge in [0.2, 0.25) is 0 Å². The lowest BCUT2D eigenvalue weighted by molar-refractivity contribution is 0.0236. The van der Waals surface area contributed by atoms with Gasteiger partial charge in [-0.1, -0.05) is 6.92 Å². The lowest BCUT2D eigenvalue weighted by atomic mass is 10.2. The van der Waals surface area contributed by atoms with Gasteiger partial charge >= 0.3 is 6.09 Å². The summed E-state index contributed by atoms with van der Waals surface area (Å²) in [5.41, 5.74) is -0.427. The summed E-state index contributed by atoms with van der Waals surface area (Å²) in [6.45, 7) is 11.3. The summed E-state index contributed by atoms with van der Waals surface area (Å²) in [7, 11) is 1.76. The fourth-order valence-corrected chi connectivity index (χ4v) is 1.00. The van der Waals surface area contributed by atoms with Crippen molar-refractivity contribution in [1.82, 2.24) is 10.2 Å². The molecular weight excluding hydrogens is 192 g/mol. The van der Waals surface area contributed by atoms with E-state index in [1.165, 1.54) is 0 Å². The van der Waals surface area contributed by atoms with E-state index in [2.05, 4.69) is 5.32 Å². The molecule has 1 N–H and O–H groups in total. The molecule has 15 heavy (non-hydrogen) atoms. The Morgan fingerprint density at radius 3 is 2.40 bits per heavy atom. The first-order valence-electron chi connectivity index (χ1n) is 5.44. The topological polar surface area (TPSA) is 41.6 Å². The molecule has 4 nitrogen and oxygen atoms in total. The van der Waals surface area contributed by atoms with Crippen LogP contribution in [0.4, 0.5) is 4.79 Å². The average Bonchev–Trinajstić information content (AvgIpc) is 2.10. The van der Waals surface area contributed by atoms with E-state index in [0.717, 1.165) is 13.1 Å². The van der Waals surface area contributed by atoms with Gasteiger partial charge in [-0.2, -0.15) is 0 Å². The third kappa shape index (κ3) is 6.33. The van der Waals surface area contributed by atoms with Gasteiger partial charge < -0.3 is 15.0 Å². The molecule has 0 fully saturated rings. The SMILES string of the molecule is CCNCC(C)N(C)C(=O)OC(C)(C)C. The van der Waals surface area contributed by atoms with Crippen LogP contribution >= 0.6 is 0 Å². The maximum Gasteiger partial charge on any atom is 0.410 e. The van der Waals surface area contributed by atoms with Crippen LogP contribution in [0.2, 0.25) is 0 Å². The van der Waals surface area contributed by atoms with E-state index in [1.807, 2.05) is 34.6 Å². The quantitative estimate of drug-likeness (QED) is 0.779. The fourth-order valence-electron chi connectivity index (χ4n) is 1.00. The summed E-state index contributed by atoms with van der Waals surface area (Å²) in [6.07, 6.45) is -0.270. The molecule has 0 aliphatic heterocycles. The number of likely N-dealkylation sites (N-methyl/N-ethyl adjacent to an activating group) is 2. The van der Waals surface area contributed by atoms with Crippen LogP contribution in [0.1, 0.15) is 34.6 Å². The second-order valence-electron chi connectivity index (χ2n) is 4.75. The van der Waals surface area contributed by atoms with Crippen molar-refractivity contribution in [3.8, 4) is 0 Å². The lowest BCUT2D eigenvalue weighted by Gasteiger charge is -2.28. The van der Waals surface area contributed by atoms with Gasteiger partial charge in [0.05, 0.1) is 0 Å². The smallest absolute Gasteiger partial charge is 0.410 e. The van der Waals surface area contributed by atoms with Crippen molar-refractivity contribution in [2.45, 2.75) is 46.3 Å². The maximum atomic E-state index is 11.6. The van der Waals surface area contributed by atoms with Crippen molar-refractivity contribution < 1.29 is 9.53 Å². The first kappa shape index (κ1) is 14.2. The van der Waals surface area contributed by atoms with Crippen molar-refractivity contribution in [3.63, 3.8) is 0 Å². The number of carbonyl (C=O) groups excluding carboxylic acids is 1. The van der Waals surface area contributed by atoms with E-state index in [4.69, 9.17) is 4.74 Å². The summed E-state index contributed by atoms with van der Waals surface area (Å²) in [4.78, 5) is 13.3. The number of carbonyl (C=O) groups is 1. The highest BCUT2D eigenvalue weighted by molar-refractivity contribution is 5.68. The van der Waals surface area contributed by atoms with E-state index in [9.17, 15) is 4.79 Å². The Hall–Kier alpha value is -0.770. The minimum Gasteiger partial charge on any atom is -0.444 e. The first-order chi connectivity index (χ1) is 6.78. The van der Waals surface area contributed by atoms with Gasteiger partial charge in [-0.25, -0.2) is 4.79 Å². The highest BCUT2D eigenvalue weighted by Crippen LogP contribution is 2.10. The highest BCUT2D eigenvalue weighted by atomic mass is 16.6. The molecule has 1 unspecified atom stereocenters. The summed E-state index contributed by atoms with van der Waals surface area (Å²) in [6, 6.07) is 0.139. The molecule has 0 radical (unpaired) electrons. The number of hydrogen-bond acceptors (Lipinski definition) is 3. The Balaban J connectivity index is 4.08. The Morgan fingerprint density at radius 2 is 2.00 bits per heavy atom. The van der Waals surface area contributed by atoms with Gasteiger partial charge in [-0.05, 0) is 34.2 Å². The Morgan fingerprint density at radius 1 is 1.47 bits per heavy atom. The van der Waals surface area contributed by atoms with E-state index in [0.29, 0.717) is 0 Å². The summed E-state index contributed by atoms with van der Waals surface area (Å²) in [5, 5.41) is 3.20. The molecule has 0 aromatic heterocycles. The van der Waals surface area contributed by atoms with Crippen molar-refractivity contribution in [2.24, 2.45) is 0 Å². The molecule has 0 saturated carbocycles. The predicted molar refractivity (Wildman–Crippen MR) is 62.0 cm³/mol. The molecule has 0 aromatic carbocycles. The van der Waals surface area contributed by atoms with Crippen molar-refractivity contribution in [3.05, 3.63) is 0 Å². The summed E-state index contributed by atoms with van der Waals surface area (Å²) in [5.74, 6) is 0. The second-order valence-corrected chi connectivity index (χ2v) is 4.75. The van der Waals surface area contributed by atoms with E-state index in [-0.39, 0.29) is 12.1 Å². The molecule has 0 rings (SSSR count). The van der Waals surface area contributed by atoms with Crippen LogP contribution in [0.25, 0.3) is 0 Å². The predicted octanol–water partition coefficient (Wildman–Crippen LogP) is 1.85. The Bertz CT molecular complexity index is 199. The van der Waals surface area contributed by atoms with Crippen LogP contribution in [-0.4, -0.2) is 42.8 Å². The zero-order chi connectivity index (χ0) is 12.1. The fraction of sp³-hybridized carbons (Fsp3) is 0.909. The molecule has 0 bridgehead atoms. The third-order valence-corrected chi connectivity index (χ3v) is 2.03. The number of hydrogen-bond donors (Lipinski definition) is 1. The standard InChI is InChI=1S/C11H24N2O2/c1-7-12-8-9(2)13(6)10(14)15-11(3,4)5/h9,12H,7-8H2,1-6H3. The van der Waals surface area contributed by atoms with E-state index in [1.54, 1.807) is 11.9 Å². The molecular formula is C11H24N2O2. The number of nitrogens with one attached hydrogen (secondary N) is 1. The normalized spacial score (nSPS) is 13.5. The third-order valence-electron chi connectivity index (χ3n) is 2.03. The molecule has 1 amide bonds. The van der Waals surface area contributed by atoms with E-state index < -0.39 is 5.60 Å². The molecule has 90 valence electrons. The molecule has 0 aromatic rings. The van der Waals surface area contributed by atoms with Gasteiger partial charge in [-0.3, -0.25) is 0 Å². The largest absolute Gasteiger partial charge is 0.444 e. The van der Waals surface area contributed by atoms with Crippen LogP contribution in [-0.2, 0) is 4.74 Å². The number of rotatable bonds is 4. The second kappa shape index (κ2) is 5.95. The monoisotopic (exact) mass is 216 g/mol. The van der Waals surface area contributed by atoms with Crippen LogP contribution < -0.4 is 5.32 Å². The molecule has 0 aliphatic carbocycles. The lowest BCUT2D eigenvalue weighted by Crippen LogP contribution is -2.43. The average molecular weight is 216 g/mol. The van der Waals surface area contributed by atoms with Crippen molar-refractivity contribution in [2.75, 3.05) is 20.1 Å². The minimum absolute atomic E-state index is 0.139. The number of ether oxygens (including phenoxy) is 1. The number of amides is 1. The highest BCUT2D eigenvalue weighted by Gasteiger charge is 2.22. The molecule has 0 heterocycles. The van der Waals surface area contributed by atoms with Crippen molar-refractivity contribution >= 4 is 6.09 Å². The first-order valence-corrected chi connectivity index (χ1v) is 5.44. The van der Waals surface area contributed by atoms with Crippen LogP contribution in [0.3, 0.4) is 0 Å². The molecule has 1 atom stereocenters. The van der Waals surface area contributed by atoms with Crippen molar-refractivity contribution in [1.29, 1.82) is 0 Å². The van der Waals surface area contributed by atoms with Crippen LogP contribution in [0.15, 0.2) is 0 Å². The van der Waals surface area contributed by atoms with Gasteiger partial charge in [0.1, 0.15) is 5.60 Å². The number of nitrogens with zero attached hydrogens (tertiary/aromatic N) is 1. The zero-order valence-electron chi connectivity index (χ0n) is 10.8. The molecule has 0 spiro atoms. The zero-order valence-corrected chi connectivity index (χ0v) is 10.8. The Kier molecular flexibility index (Phi) is 5.65. The van der Waals surface area contributed by atoms with Crippen LogP contribution in [0, 0.1) is 0 Å².